The minimum Gasteiger partial charge on any atom is -0.487 e. The first-order valence-corrected chi connectivity index (χ1v) is 8.69. The Hall–Kier alpha value is -1.92. The van der Waals surface area contributed by atoms with Crippen molar-refractivity contribution >= 4 is 17.2 Å². The lowest BCUT2D eigenvalue weighted by Gasteiger charge is -2.20. The smallest absolute Gasteiger partial charge is 0.251 e. The van der Waals surface area contributed by atoms with Crippen LogP contribution in [0.25, 0.3) is 0 Å². The number of hydrogen-bond acceptors (Lipinski definition) is 5. The zero-order valence-corrected chi connectivity index (χ0v) is 13.8. The standard InChI is InChI=1S/C17H20N2O3S/c1-12(16-6-3-7-21-16)19-17(20)13-4-2-5-15(8-13)22-9-14-10-23-11-18-14/h2,4-5,8,10-12,16H,3,6-7,9H2,1H3,(H,19,20)/t12-,16-/m0/s1. The summed E-state index contributed by atoms with van der Waals surface area (Å²) in [6, 6.07) is 7.20. The fourth-order valence-electron chi connectivity index (χ4n) is 2.57. The van der Waals surface area contributed by atoms with Crippen molar-refractivity contribution in [3.8, 4) is 5.75 Å². The molecule has 1 aromatic carbocycles. The molecule has 2 heterocycles. The van der Waals surface area contributed by atoms with Crippen molar-refractivity contribution < 1.29 is 14.3 Å². The SMILES string of the molecule is C[C@H](NC(=O)c1cccc(OCc2cscn2)c1)[C@@H]1CCCO1. The average Bonchev–Trinajstić information content (AvgIpc) is 3.26. The van der Waals surface area contributed by atoms with E-state index in [1.165, 1.54) is 11.3 Å². The molecule has 6 heteroatoms. The molecule has 1 aliphatic heterocycles. The van der Waals surface area contributed by atoms with Gasteiger partial charge in [-0.2, -0.15) is 0 Å². The summed E-state index contributed by atoms with van der Waals surface area (Å²) in [5, 5.41) is 4.95. The normalized spacial score (nSPS) is 18.6. The number of hydrogen-bond donors (Lipinski definition) is 1. The Labute approximate surface area is 139 Å². The van der Waals surface area contributed by atoms with Gasteiger partial charge in [0, 0.05) is 17.6 Å². The van der Waals surface area contributed by atoms with Gasteiger partial charge in [-0.1, -0.05) is 6.07 Å². The maximum absolute atomic E-state index is 12.4. The fraction of sp³-hybridized carbons (Fsp3) is 0.412. The van der Waals surface area contributed by atoms with Gasteiger partial charge in [-0.3, -0.25) is 4.79 Å². The van der Waals surface area contributed by atoms with E-state index >= 15 is 0 Å². The number of ether oxygens (including phenoxy) is 2. The summed E-state index contributed by atoms with van der Waals surface area (Å²) in [4.78, 5) is 16.5. The first kappa shape index (κ1) is 16.0. The highest BCUT2D eigenvalue weighted by Crippen LogP contribution is 2.18. The molecule has 1 saturated heterocycles. The molecule has 5 nitrogen and oxygen atoms in total. The van der Waals surface area contributed by atoms with Crippen molar-refractivity contribution in [2.75, 3.05) is 6.61 Å². The highest BCUT2D eigenvalue weighted by Gasteiger charge is 2.24. The van der Waals surface area contributed by atoms with E-state index in [0.29, 0.717) is 17.9 Å². The van der Waals surface area contributed by atoms with Gasteiger partial charge in [-0.05, 0) is 38.0 Å². The molecule has 0 aliphatic carbocycles. The van der Waals surface area contributed by atoms with Crippen LogP contribution >= 0.6 is 11.3 Å². The van der Waals surface area contributed by atoms with E-state index in [-0.39, 0.29) is 18.1 Å². The van der Waals surface area contributed by atoms with Crippen LogP contribution in [0.4, 0.5) is 0 Å². The number of nitrogens with one attached hydrogen (secondary N) is 1. The van der Waals surface area contributed by atoms with Gasteiger partial charge in [-0.15, -0.1) is 11.3 Å². The van der Waals surface area contributed by atoms with Crippen molar-refractivity contribution in [3.05, 3.63) is 46.4 Å². The summed E-state index contributed by atoms with van der Waals surface area (Å²) < 4.78 is 11.3. The largest absolute Gasteiger partial charge is 0.487 e. The van der Waals surface area contributed by atoms with Crippen LogP contribution in [-0.4, -0.2) is 29.6 Å². The second kappa shape index (κ2) is 7.57. The first-order valence-electron chi connectivity index (χ1n) is 7.75. The number of carbonyl (C=O) groups is 1. The van der Waals surface area contributed by atoms with Crippen LogP contribution in [0.5, 0.6) is 5.75 Å². The summed E-state index contributed by atoms with van der Waals surface area (Å²) in [5.74, 6) is 0.558. The van der Waals surface area contributed by atoms with Crippen molar-refractivity contribution in [1.29, 1.82) is 0 Å². The predicted molar refractivity (Wildman–Crippen MR) is 88.8 cm³/mol. The van der Waals surface area contributed by atoms with Gasteiger partial charge >= 0.3 is 0 Å². The molecule has 122 valence electrons. The summed E-state index contributed by atoms with van der Waals surface area (Å²) in [7, 11) is 0. The molecule has 0 radical (unpaired) electrons. The molecule has 23 heavy (non-hydrogen) atoms. The van der Waals surface area contributed by atoms with Gasteiger partial charge in [0.2, 0.25) is 0 Å². The molecule has 1 fully saturated rings. The zero-order valence-electron chi connectivity index (χ0n) is 13.0. The summed E-state index contributed by atoms with van der Waals surface area (Å²) in [5.41, 5.74) is 3.25. The number of aromatic nitrogens is 1. The van der Waals surface area contributed by atoms with Crippen LogP contribution in [0.3, 0.4) is 0 Å². The molecule has 1 amide bonds. The third-order valence-corrected chi connectivity index (χ3v) is 4.48. The van der Waals surface area contributed by atoms with Crippen molar-refractivity contribution in [1.82, 2.24) is 10.3 Å². The van der Waals surface area contributed by atoms with Crippen LogP contribution in [-0.2, 0) is 11.3 Å². The maximum Gasteiger partial charge on any atom is 0.251 e. The molecule has 1 N–H and O–H groups in total. The number of rotatable bonds is 6. The lowest BCUT2D eigenvalue weighted by molar-refractivity contribution is 0.0712. The van der Waals surface area contributed by atoms with Gasteiger partial charge < -0.3 is 14.8 Å². The van der Waals surface area contributed by atoms with E-state index in [0.717, 1.165) is 25.1 Å². The van der Waals surface area contributed by atoms with Crippen LogP contribution in [0.2, 0.25) is 0 Å². The fourth-order valence-corrected chi connectivity index (χ4v) is 3.12. The topological polar surface area (TPSA) is 60.5 Å². The molecular formula is C17H20N2O3S. The zero-order chi connectivity index (χ0) is 16.1. The Bertz CT molecular complexity index is 639. The number of amides is 1. The van der Waals surface area contributed by atoms with Gasteiger partial charge in [0.05, 0.1) is 23.4 Å². The molecule has 1 aliphatic rings. The van der Waals surface area contributed by atoms with E-state index in [2.05, 4.69) is 10.3 Å². The lowest BCUT2D eigenvalue weighted by atomic mass is 10.1. The highest BCUT2D eigenvalue weighted by atomic mass is 32.1. The Balaban J connectivity index is 1.58. The number of carbonyl (C=O) groups excluding carboxylic acids is 1. The van der Waals surface area contributed by atoms with Crippen LogP contribution in [0.15, 0.2) is 35.2 Å². The minimum absolute atomic E-state index is 0.00424. The Morgan fingerprint density at radius 1 is 1.57 bits per heavy atom. The monoisotopic (exact) mass is 332 g/mol. The van der Waals surface area contributed by atoms with Gasteiger partial charge in [0.15, 0.2) is 0 Å². The maximum atomic E-state index is 12.4. The van der Waals surface area contributed by atoms with Crippen molar-refractivity contribution in [2.45, 2.75) is 38.5 Å². The second-order valence-corrected chi connectivity index (χ2v) is 6.33. The van der Waals surface area contributed by atoms with Gasteiger partial charge in [0.1, 0.15) is 12.4 Å². The second-order valence-electron chi connectivity index (χ2n) is 5.61. The van der Waals surface area contributed by atoms with E-state index in [9.17, 15) is 4.79 Å². The molecule has 1 aromatic heterocycles. The molecule has 0 unspecified atom stereocenters. The average molecular weight is 332 g/mol. The molecule has 3 rings (SSSR count). The number of benzene rings is 1. The Morgan fingerprint density at radius 3 is 3.22 bits per heavy atom. The van der Waals surface area contributed by atoms with Crippen molar-refractivity contribution in [2.24, 2.45) is 0 Å². The highest BCUT2D eigenvalue weighted by molar-refractivity contribution is 7.07. The quantitative estimate of drug-likeness (QED) is 0.883. The lowest BCUT2D eigenvalue weighted by Crippen LogP contribution is -2.40. The third kappa shape index (κ3) is 4.30. The molecular weight excluding hydrogens is 312 g/mol. The third-order valence-electron chi connectivity index (χ3n) is 3.85. The summed E-state index contributed by atoms with van der Waals surface area (Å²) in [6.07, 6.45) is 2.17. The predicted octanol–water partition coefficient (Wildman–Crippen LogP) is 3.02. The van der Waals surface area contributed by atoms with Crippen LogP contribution in [0.1, 0.15) is 35.8 Å². The Kier molecular flexibility index (Phi) is 5.25. The van der Waals surface area contributed by atoms with Crippen molar-refractivity contribution in [3.63, 3.8) is 0 Å². The van der Waals surface area contributed by atoms with E-state index in [4.69, 9.17) is 9.47 Å². The molecule has 2 aromatic rings. The van der Waals surface area contributed by atoms with Gasteiger partial charge in [-0.25, -0.2) is 4.98 Å². The van der Waals surface area contributed by atoms with E-state index in [1.54, 1.807) is 17.6 Å². The van der Waals surface area contributed by atoms with Crippen LogP contribution < -0.4 is 10.1 Å². The molecule has 0 spiro atoms. The number of nitrogens with zero attached hydrogens (tertiary/aromatic N) is 1. The minimum atomic E-state index is -0.105. The molecule has 2 atom stereocenters. The first-order chi connectivity index (χ1) is 11.2. The summed E-state index contributed by atoms with van der Waals surface area (Å²) in [6.45, 7) is 3.17. The molecule has 0 saturated carbocycles. The van der Waals surface area contributed by atoms with E-state index in [1.807, 2.05) is 24.4 Å². The number of thiazole rings is 1. The summed E-state index contributed by atoms with van der Waals surface area (Å²) >= 11 is 1.53. The van der Waals surface area contributed by atoms with Crippen LogP contribution in [0, 0.1) is 0 Å². The van der Waals surface area contributed by atoms with Gasteiger partial charge in [0.25, 0.3) is 5.91 Å². The molecule has 0 bridgehead atoms. The van der Waals surface area contributed by atoms with E-state index < -0.39 is 0 Å². The Morgan fingerprint density at radius 2 is 2.48 bits per heavy atom.